The maximum Gasteiger partial charge on any atom is 0.269 e. The second-order valence-corrected chi connectivity index (χ2v) is 7.08. The van der Waals surface area contributed by atoms with Crippen LogP contribution >= 0.6 is 11.3 Å². The summed E-state index contributed by atoms with van der Waals surface area (Å²) in [6, 6.07) is 11.6. The zero-order chi connectivity index (χ0) is 18.8. The number of rotatable bonds is 6. The number of amides is 1. The van der Waals surface area contributed by atoms with E-state index >= 15 is 0 Å². The fourth-order valence-electron chi connectivity index (χ4n) is 3.10. The molecule has 0 aliphatic carbocycles. The molecule has 0 bridgehead atoms. The van der Waals surface area contributed by atoms with Crippen molar-refractivity contribution >= 4 is 17.2 Å². The van der Waals surface area contributed by atoms with E-state index in [9.17, 15) is 4.79 Å². The fraction of sp³-hybridized carbons (Fsp3) is 0.263. The number of methoxy groups -OCH3 is 2. The van der Waals surface area contributed by atoms with Crippen LogP contribution in [0.4, 0.5) is 0 Å². The molecule has 2 aromatic heterocycles. The third kappa shape index (κ3) is 3.41. The Morgan fingerprint density at radius 1 is 1.26 bits per heavy atom. The lowest BCUT2D eigenvalue weighted by atomic mass is 10.2. The first-order valence-electron chi connectivity index (χ1n) is 8.55. The SMILES string of the molecule is COc1ccc(CN[C@@H]2CNC(=O)c3cc(-c4cccs4)nn32)cc1OC. The van der Waals surface area contributed by atoms with Crippen LogP contribution in [0.1, 0.15) is 22.2 Å². The fourth-order valence-corrected chi connectivity index (χ4v) is 3.78. The first-order chi connectivity index (χ1) is 13.2. The molecule has 0 radical (unpaired) electrons. The molecule has 140 valence electrons. The minimum Gasteiger partial charge on any atom is -0.493 e. The summed E-state index contributed by atoms with van der Waals surface area (Å²) in [6.45, 7) is 1.08. The van der Waals surface area contributed by atoms with Gasteiger partial charge in [-0.05, 0) is 35.2 Å². The second kappa shape index (κ2) is 7.42. The summed E-state index contributed by atoms with van der Waals surface area (Å²) >= 11 is 1.61. The van der Waals surface area contributed by atoms with Crippen molar-refractivity contribution in [2.24, 2.45) is 0 Å². The van der Waals surface area contributed by atoms with Crippen molar-refractivity contribution < 1.29 is 14.3 Å². The summed E-state index contributed by atoms with van der Waals surface area (Å²) in [5.41, 5.74) is 2.43. The second-order valence-electron chi connectivity index (χ2n) is 6.13. The molecule has 0 spiro atoms. The highest BCUT2D eigenvalue weighted by molar-refractivity contribution is 7.13. The molecule has 0 saturated carbocycles. The molecule has 0 fully saturated rings. The molecule has 0 saturated heterocycles. The van der Waals surface area contributed by atoms with Gasteiger partial charge in [0.15, 0.2) is 11.5 Å². The Labute approximate surface area is 160 Å². The lowest BCUT2D eigenvalue weighted by molar-refractivity contribution is 0.0900. The summed E-state index contributed by atoms with van der Waals surface area (Å²) in [6.07, 6.45) is -0.125. The smallest absolute Gasteiger partial charge is 0.269 e. The van der Waals surface area contributed by atoms with Gasteiger partial charge in [0.2, 0.25) is 0 Å². The van der Waals surface area contributed by atoms with Crippen LogP contribution in [0.25, 0.3) is 10.6 Å². The van der Waals surface area contributed by atoms with Crippen molar-refractivity contribution in [3.05, 3.63) is 53.0 Å². The van der Waals surface area contributed by atoms with Crippen LogP contribution < -0.4 is 20.1 Å². The third-order valence-corrected chi connectivity index (χ3v) is 5.38. The highest BCUT2D eigenvalue weighted by atomic mass is 32.1. The van der Waals surface area contributed by atoms with Crippen LogP contribution in [0.2, 0.25) is 0 Å². The van der Waals surface area contributed by atoms with E-state index in [1.54, 1.807) is 30.2 Å². The number of benzene rings is 1. The molecule has 2 N–H and O–H groups in total. The monoisotopic (exact) mass is 384 g/mol. The van der Waals surface area contributed by atoms with Gasteiger partial charge in [-0.3, -0.25) is 10.1 Å². The Bertz CT molecular complexity index is 952. The molecule has 1 aromatic carbocycles. The van der Waals surface area contributed by atoms with Gasteiger partial charge in [-0.25, -0.2) is 4.68 Å². The lowest BCUT2D eigenvalue weighted by Crippen LogP contribution is -2.45. The van der Waals surface area contributed by atoms with Crippen molar-refractivity contribution in [3.8, 4) is 22.1 Å². The average Bonchev–Trinajstić information content (AvgIpc) is 3.37. The molecule has 1 amide bonds. The molecular weight excluding hydrogens is 364 g/mol. The van der Waals surface area contributed by atoms with Crippen molar-refractivity contribution in [2.45, 2.75) is 12.7 Å². The molecule has 3 aromatic rings. The molecule has 0 unspecified atom stereocenters. The molecule has 1 atom stereocenters. The predicted octanol–water partition coefficient (Wildman–Crippen LogP) is 2.66. The minimum atomic E-state index is -0.125. The standard InChI is InChI=1S/C19H20N4O3S/c1-25-15-6-5-12(8-16(15)26-2)10-20-18-11-21-19(24)14-9-13(22-23(14)18)17-4-3-7-27-17/h3-9,18,20H,10-11H2,1-2H3,(H,21,24)/t18-/m0/s1. The molecule has 1 aliphatic rings. The van der Waals surface area contributed by atoms with Crippen LogP contribution in [0.15, 0.2) is 41.8 Å². The molecule has 1 aliphatic heterocycles. The Morgan fingerprint density at radius 3 is 2.85 bits per heavy atom. The number of carbonyl (C=O) groups is 1. The molecule has 27 heavy (non-hydrogen) atoms. The number of ether oxygens (including phenoxy) is 2. The number of thiophene rings is 1. The van der Waals surface area contributed by atoms with E-state index in [4.69, 9.17) is 9.47 Å². The topological polar surface area (TPSA) is 77.4 Å². The van der Waals surface area contributed by atoms with Crippen molar-refractivity contribution in [1.29, 1.82) is 0 Å². The van der Waals surface area contributed by atoms with E-state index < -0.39 is 0 Å². The van der Waals surface area contributed by atoms with Crippen LogP contribution in [0.5, 0.6) is 11.5 Å². The van der Waals surface area contributed by atoms with Gasteiger partial charge >= 0.3 is 0 Å². The maximum atomic E-state index is 12.2. The van der Waals surface area contributed by atoms with E-state index in [2.05, 4.69) is 15.7 Å². The highest BCUT2D eigenvalue weighted by Crippen LogP contribution is 2.28. The molecule has 8 heteroatoms. The van der Waals surface area contributed by atoms with Crippen molar-refractivity contribution in [3.63, 3.8) is 0 Å². The van der Waals surface area contributed by atoms with E-state index in [0.717, 1.165) is 16.1 Å². The van der Waals surface area contributed by atoms with Gasteiger partial charge in [-0.1, -0.05) is 12.1 Å². The van der Waals surface area contributed by atoms with Crippen LogP contribution in [-0.4, -0.2) is 36.5 Å². The van der Waals surface area contributed by atoms with Gasteiger partial charge in [0.25, 0.3) is 5.91 Å². The molecular formula is C19H20N4O3S. The normalized spacial score (nSPS) is 15.9. The number of hydrogen-bond donors (Lipinski definition) is 2. The number of carbonyl (C=O) groups excluding carboxylic acids is 1. The van der Waals surface area contributed by atoms with Gasteiger partial charge in [0, 0.05) is 6.54 Å². The van der Waals surface area contributed by atoms with E-state index in [0.29, 0.717) is 30.3 Å². The van der Waals surface area contributed by atoms with Crippen LogP contribution in [-0.2, 0) is 6.54 Å². The van der Waals surface area contributed by atoms with Gasteiger partial charge in [-0.2, -0.15) is 5.10 Å². The summed E-state index contributed by atoms with van der Waals surface area (Å²) < 4.78 is 12.4. The lowest BCUT2D eigenvalue weighted by Gasteiger charge is -2.26. The largest absolute Gasteiger partial charge is 0.493 e. The first-order valence-corrected chi connectivity index (χ1v) is 9.43. The van der Waals surface area contributed by atoms with Gasteiger partial charge in [-0.15, -0.1) is 11.3 Å². The number of hydrogen-bond acceptors (Lipinski definition) is 6. The third-order valence-electron chi connectivity index (χ3n) is 4.48. The van der Waals surface area contributed by atoms with E-state index in [-0.39, 0.29) is 12.1 Å². The van der Waals surface area contributed by atoms with E-state index in [1.165, 1.54) is 0 Å². The minimum absolute atomic E-state index is 0.102. The summed E-state index contributed by atoms with van der Waals surface area (Å²) in [7, 11) is 3.23. The molecule has 7 nitrogen and oxygen atoms in total. The van der Waals surface area contributed by atoms with Crippen LogP contribution in [0, 0.1) is 0 Å². The first kappa shape index (κ1) is 17.6. The van der Waals surface area contributed by atoms with Gasteiger partial charge < -0.3 is 14.8 Å². The zero-order valence-electron chi connectivity index (χ0n) is 15.1. The number of nitrogens with zero attached hydrogens (tertiary/aromatic N) is 2. The van der Waals surface area contributed by atoms with E-state index in [1.807, 2.05) is 41.8 Å². The number of nitrogens with one attached hydrogen (secondary N) is 2. The zero-order valence-corrected chi connectivity index (χ0v) is 15.9. The predicted molar refractivity (Wildman–Crippen MR) is 103 cm³/mol. The van der Waals surface area contributed by atoms with Crippen molar-refractivity contribution in [2.75, 3.05) is 20.8 Å². The Morgan fingerprint density at radius 2 is 2.11 bits per heavy atom. The number of fused-ring (bicyclic) bond motifs is 1. The summed E-state index contributed by atoms with van der Waals surface area (Å²) in [5, 5.41) is 13.0. The maximum absolute atomic E-state index is 12.2. The van der Waals surface area contributed by atoms with Crippen LogP contribution in [0.3, 0.4) is 0 Å². The van der Waals surface area contributed by atoms with Gasteiger partial charge in [0.1, 0.15) is 17.6 Å². The summed E-state index contributed by atoms with van der Waals surface area (Å²) in [5.74, 6) is 1.28. The highest BCUT2D eigenvalue weighted by Gasteiger charge is 2.27. The molecule has 3 heterocycles. The Balaban J connectivity index is 1.54. The Hall–Kier alpha value is -2.84. The summed E-state index contributed by atoms with van der Waals surface area (Å²) in [4.78, 5) is 13.3. The quantitative estimate of drug-likeness (QED) is 0.683. The average molecular weight is 384 g/mol. The molecule has 4 rings (SSSR count). The van der Waals surface area contributed by atoms with Gasteiger partial charge in [0.05, 0.1) is 25.6 Å². The van der Waals surface area contributed by atoms with Crippen molar-refractivity contribution in [1.82, 2.24) is 20.4 Å². The Kier molecular flexibility index (Phi) is 4.83. The number of aromatic nitrogens is 2.